The van der Waals surface area contributed by atoms with E-state index in [1.807, 2.05) is 17.0 Å². The molecule has 1 aromatic carbocycles. The van der Waals surface area contributed by atoms with Crippen molar-refractivity contribution in [1.29, 1.82) is 0 Å². The number of carbonyl (C=O) groups excluding carboxylic acids is 3. The number of benzene rings is 1. The number of nitrogens with one attached hydrogen (secondary N) is 1. The summed E-state index contributed by atoms with van der Waals surface area (Å²) in [4.78, 5) is 42.2. The first-order chi connectivity index (χ1) is 14.1. The van der Waals surface area contributed by atoms with E-state index in [1.165, 1.54) is 0 Å². The third-order valence-corrected chi connectivity index (χ3v) is 6.31. The van der Waals surface area contributed by atoms with Gasteiger partial charge in [0.2, 0.25) is 5.91 Å². The second kappa shape index (κ2) is 6.90. The first-order valence-electron chi connectivity index (χ1n) is 10.5. The summed E-state index contributed by atoms with van der Waals surface area (Å²) in [5.41, 5.74) is 0.580. The van der Waals surface area contributed by atoms with Gasteiger partial charge in [0.05, 0.1) is 6.61 Å². The van der Waals surface area contributed by atoms with Gasteiger partial charge in [-0.25, -0.2) is 4.79 Å². The van der Waals surface area contributed by atoms with Crippen molar-refractivity contribution >= 4 is 17.8 Å². The molecule has 1 aromatic rings. The SMILES string of the molecule is O=C1N[C@@]2(CCOc3ccccc32)C(=O)N1CC(=O)N(C1=CCCCC1)C1CC1. The molecule has 1 spiro atoms. The minimum absolute atomic E-state index is 0.165. The standard InChI is InChI=1S/C22H25N3O4/c26-19(25(16-10-11-16)15-6-2-1-3-7-15)14-24-20(27)22(23-21(24)28)12-13-29-18-9-5-4-8-17(18)22/h4-6,8-9,16H,1-3,7,10-14H2,(H,23,28)/t22-/m1/s1. The summed E-state index contributed by atoms with van der Waals surface area (Å²) in [5, 5.41) is 2.87. The zero-order valence-corrected chi connectivity index (χ0v) is 16.4. The fraction of sp³-hybridized carbons (Fsp3) is 0.500. The van der Waals surface area contributed by atoms with Gasteiger partial charge in [0.25, 0.3) is 5.91 Å². The first-order valence-corrected chi connectivity index (χ1v) is 10.5. The predicted octanol–water partition coefficient (Wildman–Crippen LogP) is 2.67. The van der Waals surface area contributed by atoms with Gasteiger partial charge < -0.3 is 15.0 Å². The summed E-state index contributed by atoms with van der Waals surface area (Å²) in [6.07, 6.45) is 8.55. The Labute approximate surface area is 169 Å². The van der Waals surface area contributed by atoms with Gasteiger partial charge in [-0.15, -0.1) is 0 Å². The molecule has 152 valence electrons. The van der Waals surface area contributed by atoms with Crippen molar-refractivity contribution < 1.29 is 19.1 Å². The van der Waals surface area contributed by atoms with Crippen molar-refractivity contribution in [1.82, 2.24) is 15.1 Å². The second-order valence-electron chi connectivity index (χ2n) is 8.26. The van der Waals surface area contributed by atoms with E-state index < -0.39 is 11.6 Å². The number of hydrogen-bond acceptors (Lipinski definition) is 4. The molecule has 29 heavy (non-hydrogen) atoms. The maximum atomic E-state index is 13.4. The van der Waals surface area contributed by atoms with E-state index in [1.54, 1.807) is 12.1 Å². The van der Waals surface area contributed by atoms with Gasteiger partial charge in [-0.2, -0.15) is 0 Å². The topological polar surface area (TPSA) is 79.0 Å². The summed E-state index contributed by atoms with van der Waals surface area (Å²) in [7, 11) is 0. The molecule has 4 amide bonds. The molecule has 0 unspecified atom stereocenters. The fourth-order valence-electron chi connectivity index (χ4n) is 4.70. The normalized spacial score (nSPS) is 25.9. The molecule has 1 saturated carbocycles. The van der Waals surface area contributed by atoms with Crippen LogP contribution in [-0.4, -0.2) is 46.8 Å². The average Bonchev–Trinajstić information content (AvgIpc) is 3.54. The number of urea groups is 1. The quantitative estimate of drug-likeness (QED) is 0.795. The number of ether oxygens (including phenoxy) is 1. The highest BCUT2D eigenvalue weighted by molar-refractivity contribution is 6.09. The highest BCUT2D eigenvalue weighted by Gasteiger charge is 2.55. The zero-order chi connectivity index (χ0) is 20.0. The number of allylic oxidation sites excluding steroid dienone is 2. The lowest BCUT2D eigenvalue weighted by molar-refractivity contribution is -0.139. The molecule has 1 N–H and O–H groups in total. The van der Waals surface area contributed by atoms with Crippen LogP contribution >= 0.6 is 0 Å². The van der Waals surface area contributed by atoms with Gasteiger partial charge >= 0.3 is 6.03 Å². The number of imide groups is 1. The summed E-state index contributed by atoms with van der Waals surface area (Å²) in [5.74, 6) is 0.0778. The largest absolute Gasteiger partial charge is 0.493 e. The molecule has 0 bridgehead atoms. The van der Waals surface area contributed by atoms with Gasteiger partial charge in [-0.05, 0) is 44.6 Å². The van der Waals surface area contributed by atoms with Crippen LogP contribution < -0.4 is 10.1 Å². The molecule has 7 heteroatoms. The molecule has 1 atom stereocenters. The highest BCUT2D eigenvalue weighted by Crippen LogP contribution is 2.41. The van der Waals surface area contributed by atoms with Crippen molar-refractivity contribution in [2.24, 2.45) is 0 Å². The van der Waals surface area contributed by atoms with Crippen molar-refractivity contribution in [3.8, 4) is 5.75 Å². The van der Waals surface area contributed by atoms with E-state index in [9.17, 15) is 14.4 Å². The Bertz CT molecular complexity index is 907. The summed E-state index contributed by atoms with van der Waals surface area (Å²) >= 11 is 0. The number of amides is 4. The lowest BCUT2D eigenvalue weighted by atomic mass is 9.84. The Morgan fingerprint density at radius 2 is 2.07 bits per heavy atom. The van der Waals surface area contributed by atoms with Crippen molar-refractivity contribution in [3.63, 3.8) is 0 Å². The number of fused-ring (bicyclic) bond motifs is 2. The molecule has 0 aromatic heterocycles. The van der Waals surface area contributed by atoms with Crippen LogP contribution in [0.2, 0.25) is 0 Å². The molecule has 2 aliphatic heterocycles. The second-order valence-corrected chi connectivity index (χ2v) is 8.26. The van der Waals surface area contributed by atoms with Gasteiger partial charge in [0.1, 0.15) is 12.3 Å². The summed E-state index contributed by atoms with van der Waals surface area (Å²) in [6.45, 7) is 0.120. The van der Waals surface area contributed by atoms with Crippen LogP contribution in [0.4, 0.5) is 4.79 Å². The molecule has 7 nitrogen and oxygen atoms in total. The number of nitrogens with zero attached hydrogens (tertiary/aromatic N) is 2. The van der Waals surface area contributed by atoms with E-state index in [0.717, 1.165) is 49.1 Å². The monoisotopic (exact) mass is 395 g/mol. The number of para-hydroxylation sites is 1. The van der Waals surface area contributed by atoms with Crippen LogP contribution in [0, 0.1) is 0 Å². The first kappa shape index (κ1) is 18.2. The molecular weight excluding hydrogens is 370 g/mol. The molecule has 5 rings (SSSR count). The third-order valence-electron chi connectivity index (χ3n) is 6.31. The van der Waals surface area contributed by atoms with Gasteiger partial charge in [0.15, 0.2) is 5.54 Å². The Morgan fingerprint density at radius 3 is 2.83 bits per heavy atom. The van der Waals surface area contributed by atoms with Crippen LogP contribution in [0.25, 0.3) is 0 Å². The number of hydrogen-bond donors (Lipinski definition) is 1. The number of rotatable bonds is 4. The highest BCUT2D eigenvalue weighted by atomic mass is 16.5. The zero-order valence-electron chi connectivity index (χ0n) is 16.4. The van der Waals surface area contributed by atoms with E-state index in [0.29, 0.717) is 24.3 Å². The Morgan fingerprint density at radius 1 is 1.24 bits per heavy atom. The molecule has 4 aliphatic rings. The Hall–Kier alpha value is -2.83. The maximum Gasteiger partial charge on any atom is 0.325 e. The molecule has 2 heterocycles. The minimum Gasteiger partial charge on any atom is -0.493 e. The van der Waals surface area contributed by atoms with Crippen LogP contribution in [-0.2, 0) is 15.1 Å². The average molecular weight is 395 g/mol. The van der Waals surface area contributed by atoms with Crippen molar-refractivity contribution in [2.45, 2.75) is 56.5 Å². The molecular formula is C22H25N3O4. The van der Waals surface area contributed by atoms with Crippen LogP contribution in [0.3, 0.4) is 0 Å². The molecule has 0 radical (unpaired) electrons. The summed E-state index contributed by atoms with van der Waals surface area (Å²) < 4.78 is 5.66. The van der Waals surface area contributed by atoms with Gasteiger partial charge in [-0.1, -0.05) is 24.3 Å². The van der Waals surface area contributed by atoms with E-state index in [-0.39, 0.29) is 24.4 Å². The van der Waals surface area contributed by atoms with Crippen molar-refractivity contribution in [3.05, 3.63) is 41.6 Å². The van der Waals surface area contributed by atoms with Crippen LogP contribution in [0.1, 0.15) is 50.5 Å². The molecule has 1 saturated heterocycles. The van der Waals surface area contributed by atoms with Gasteiger partial charge in [0, 0.05) is 23.7 Å². The lowest BCUT2D eigenvalue weighted by Gasteiger charge is -2.33. The van der Waals surface area contributed by atoms with E-state index in [2.05, 4.69) is 11.4 Å². The van der Waals surface area contributed by atoms with Gasteiger partial charge in [-0.3, -0.25) is 14.5 Å². The maximum absolute atomic E-state index is 13.4. The summed E-state index contributed by atoms with van der Waals surface area (Å²) in [6, 6.07) is 6.98. The molecule has 2 fully saturated rings. The van der Waals surface area contributed by atoms with E-state index >= 15 is 0 Å². The Kier molecular flexibility index (Phi) is 4.33. The smallest absolute Gasteiger partial charge is 0.325 e. The number of carbonyl (C=O) groups is 3. The van der Waals surface area contributed by atoms with Crippen LogP contribution in [0.5, 0.6) is 5.75 Å². The Balaban J connectivity index is 1.40. The predicted molar refractivity (Wildman–Crippen MR) is 105 cm³/mol. The molecule has 2 aliphatic carbocycles. The fourth-order valence-corrected chi connectivity index (χ4v) is 4.70. The van der Waals surface area contributed by atoms with Crippen LogP contribution in [0.15, 0.2) is 36.0 Å². The lowest BCUT2D eigenvalue weighted by Crippen LogP contribution is -2.48. The van der Waals surface area contributed by atoms with E-state index in [4.69, 9.17) is 4.74 Å². The van der Waals surface area contributed by atoms with Crippen molar-refractivity contribution in [2.75, 3.05) is 13.2 Å². The third kappa shape index (κ3) is 2.99. The minimum atomic E-state index is -1.14.